The Labute approximate surface area is 212 Å². The number of carbonyl (C=O) groups is 1. The highest BCUT2D eigenvalue weighted by Crippen LogP contribution is 2.54. The number of fused-ring (bicyclic) bond motifs is 1. The van der Waals surface area contributed by atoms with E-state index in [0.717, 1.165) is 62.1 Å². The lowest BCUT2D eigenvalue weighted by atomic mass is 9.97. The molecule has 0 radical (unpaired) electrons. The van der Waals surface area contributed by atoms with Crippen molar-refractivity contribution in [3.63, 3.8) is 0 Å². The second-order valence-electron chi connectivity index (χ2n) is 11.2. The minimum Gasteiger partial charge on any atom is -0.379 e. The van der Waals surface area contributed by atoms with Crippen LogP contribution in [0.4, 0.5) is 11.5 Å². The molecule has 4 unspecified atom stereocenters. The Morgan fingerprint density at radius 1 is 1.14 bits per heavy atom. The lowest BCUT2D eigenvalue weighted by Crippen LogP contribution is -2.56. The maximum atomic E-state index is 13.0. The fourth-order valence-electron chi connectivity index (χ4n) is 6.29. The van der Waals surface area contributed by atoms with Gasteiger partial charge in [-0.25, -0.2) is 4.98 Å². The van der Waals surface area contributed by atoms with Gasteiger partial charge in [-0.05, 0) is 60.9 Å². The summed E-state index contributed by atoms with van der Waals surface area (Å²) in [6.07, 6.45) is 6.87. The van der Waals surface area contributed by atoms with Crippen molar-refractivity contribution in [1.29, 1.82) is 0 Å². The first-order chi connectivity index (χ1) is 17.3. The Bertz CT molecular complexity index is 1290. The first kappa shape index (κ1) is 23.4. The maximum Gasteiger partial charge on any atom is 0.229 e. The molecule has 6 rings (SSSR count). The normalized spacial score (nSPS) is 28.6. The Balaban J connectivity index is 1.16. The summed E-state index contributed by atoms with van der Waals surface area (Å²) in [6, 6.07) is 6.48. The number of aromatic nitrogens is 3. The number of hydrogen-bond acceptors (Lipinski definition) is 6. The number of nitrogens with zero attached hydrogens (tertiary/aromatic N) is 5. The van der Waals surface area contributed by atoms with Crippen LogP contribution in [0.15, 0.2) is 36.8 Å². The van der Waals surface area contributed by atoms with Crippen LogP contribution in [0.2, 0.25) is 0 Å². The SMILES string of the molecule is Cc1cc2cnc(NC(=O)C3C(C)C3c3cnn(C)c3)cc2cc1N1CCN(C2(C)CCOC2)CC1. The van der Waals surface area contributed by atoms with Crippen LogP contribution in [0.1, 0.15) is 37.3 Å². The van der Waals surface area contributed by atoms with Gasteiger partial charge < -0.3 is 15.0 Å². The monoisotopic (exact) mass is 488 g/mol. The van der Waals surface area contributed by atoms with Gasteiger partial charge in [-0.3, -0.25) is 14.4 Å². The molecule has 8 heteroatoms. The lowest BCUT2D eigenvalue weighted by molar-refractivity contribution is -0.117. The van der Waals surface area contributed by atoms with Crippen molar-refractivity contribution < 1.29 is 9.53 Å². The Morgan fingerprint density at radius 3 is 2.64 bits per heavy atom. The topological polar surface area (TPSA) is 75.5 Å². The van der Waals surface area contributed by atoms with Crippen molar-refractivity contribution in [1.82, 2.24) is 19.7 Å². The smallest absolute Gasteiger partial charge is 0.229 e. The fraction of sp³-hybridized carbons (Fsp3) is 0.536. The van der Waals surface area contributed by atoms with Crippen molar-refractivity contribution >= 4 is 28.2 Å². The molecule has 1 aliphatic carbocycles. The standard InChI is InChI=1S/C28H36N6O2/c1-18-11-21-14-29-24(31-27(35)26-19(2)25(26)22-15-30-32(4)16-22)13-20(21)12-23(18)33-6-8-34(9-7-33)28(3)5-10-36-17-28/h11-16,19,25-26H,5-10,17H2,1-4H3,(H,29,31,35). The average Bonchev–Trinajstić information content (AvgIpc) is 3.15. The lowest BCUT2D eigenvalue weighted by Gasteiger charge is -2.44. The first-order valence-corrected chi connectivity index (χ1v) is 13.1. The minimum absolute atomic E-state index is 0.0380. The van der Waals surface area contributed by atoms with E-state index >= 15 is 0 Å². The second-order valence-corrected chi connectivity index (χ2v) is 11.2. The minimum atomic E-state index is -0.0382. The van der Waals surface area contributed by atoms with Crippen molar-refractivity contribution in [3.05, 3.63) is 47.9 Å². The van der Waals surface area contributed by atoms with Gasteiger partial charge in [0.2, 0.25) is 5.91 Å². The molecule has 1 amide bonds. The number of aryl methyl sites for hydroxylation is 2. The van der Waals surface area contributed by atoms with Gasteiger partial charge >= 0.3 is 0 Å². The second kappa shape index (κ2) is 8.85. The van der Waals surface area contributed by atoms with Gasteiger partial charge in [0.1, 0.15) is 5.82 Å². The molecule has 190 valence electrons. The molecule has 8 nitrogen and oxygen atoms in total. The fourth-order valence-corrected chi connectivity index (χ4v) is 6.29. The number of nitrogens with one attached hydrogen (secondary N) is 1. The molecule has 3 aliphatic rings. The third-order valence-electron chi connectivity index (χ3n) is 8.66. The van der Waals surface area contributed by atoms with Crippen LogP contribution < -0.4 is 10.2 Å². The van der Waals surface area contributed by atoms with Crippen LogP contribution >= 0.6 is 0 Å². The van der Waals surface area contributed by atoms with Crippen LogP contribution in [0.5, 0.6) is 0 Å². The van der Waals surface area contributed by atoms with Gasteiger partial charge in [-0.15, -0.1) is 0 Å². The van der Waals surface area contributed by atoms with Crippen LogP contribution in [-0.2, 0) is 16.6 Å². The van der Waals surface area contributed by atoms with Crippen molar-refractivity contribution in [2.45, 2.75) is 38.6 Å². The first-order valence-electron chi connectivity index (χ1n) is 13.1. The molecule has 36 heavy (non-hydrogen) atoms. The zero-order valence-corrected chi connectivity index (χ0v) is 21.7. The number of ether oxygens (including phenoxy) is 1. The molecule has 0 bridgehead atoms. The van der Waals surface area contributed by atoms with E-state index in [0.29, 0.717) is 11.7 Å². The highest BCUT2D eigenvalue weighted by atomic mass is 16.5. The molecule has 4 heterocycles. The number of rotatable bonds is 5. The molecule has 3 fully saturated rings. The van der Waals surface area contributed by atoms with Crippen molar-refractivity contribution in [2.24, 2.45) is 18.9 Å². The molecule has 3 aromatic rings. The molecule has 1 saturated carbocycles. The summed E-state index contributed by atoms with van der Waals surface area (Å²) in [4.78, 5) is 22.7. The van der Waals surface area contributed by atoms with Crippen LogP contribution in [0.3, 0.4) is 0 Å². The van der Waals surface area contributed by atoms with E-state index in [4.69, 9.17) is 4.74 Å². The van der Waals surface area contributed by atoms with E-state index in [9.17, 15) is 4.79 Å². The van der Waals surface area contributed by atoms with Gasteiger partial charge in [0.05, 0.1) is 12.8 Å². The average molecular weight is 489 g/mol. The van der Waals surface area contributed by atoms with E-state index in [2.05, 4.69) is 58.1 Å². The predicted octanol–water partition coefficient (Wildman–Crippen LogP) is 3.57. The third-order valence-corrected chi connectivity index (χ3v) is 8.66. The number of anilines is 2. The number of piperazine rings is 1. The van der Waals surface area contributed by atoms with E-state index in [1.54, 1.807) is 4.68 Å². The van der Waals surface area contributed by atoms with Crippen LogP contribution in [-0.4, -0.2) is 70.5 Å². The van der Waals surface area contributed by atoms with E-state index in [1.165, 1.54) is 11.3 Å². The largest absolute Gasteiger partial charge is 0.379 e. The molecule has 2 saturated heterocycles. The molecule has 4 atom stereocenters. The number of pyridine rings is 1. The molecule has 0 spiro atoms. The van der Waals surface area contributed by atoms with E-state index in [1.807, 2.05) is 31.7 Å². The third kappa shape index (κ3) is 4.16. The highest BCUT2D eigenvalue weighted by Gasteiger charge is 2.53. The van der Waals surface area contributed by atoms with Gasteiger partial charge in [0.25, 0.3) is 0 Å². The zero-order chi connectivity index (χ0) is 25.0. The Hall–Kier alpha value is -2.97. The summed E-state index contributed by atoms with van der Waals surface area (Å²) < 4.78 is 7.48. The molecule has 1 aromatic carbocycles. The number of carbonyl (C=O) groups excluding carboxylic acids is 1. The quantitative estimate of drug-likeness (QED) is 0.592. The summed E-state index contributed by atoms with van der Waals surface area (Å²) in [5.41, 5.74) is 3.84. The Morgan fingerprint density at radius 2 is 1.94 bits per heavy atom. The van der Waals surface area contributed by atoms with Gasteiger partial charge in [-0.2, -0.15) is 5.10 Å². The van der Waals surface area contributed by atoms with Crippen molar-refractivity contribution in [3.8, 4) is 0 Å². The molecule has 1 N–H and O–H groups in total. The summed E-state index contributed by atoms with van der Waals surface area (Å²) >= 11 is 0. The van der Waals surface area contributed by atoms with Crippen molar-refractivity contribution in [2.75, 3.05) is 49.6 Å². The van der Waals surface area contributed by atoms with E-state index < -0.39 is 0 Å². The summed E-state index contributed by atoms with van der Waals surface area (Å²) in [5.74, 6) is 1.15. The molecule has 2 aliphatic heterocycles. The van der Waals surface area contributed by atoms with E-state index in [-0.39, 0.29) is 23.3 Å². The molecular weight excluding hydrogens is 452 g/mol. The number of hydrogen-bond donors (Lipinski definition) is 1. The number of benzene rings is 1. The summed E-state index contributed by atoms with van der Waals surface area (Å²) in [5, 5.41) is 9.54. The summed E-state index contributed by atoms with van der Waals surface area (Å²) in [6.45, 7) is 12.5. The maximum absolute atomic E-state index is 13.0. The number of amides is 1. The highest BCUT2D eigenvalue weighted by molar-refractivity contribution is 5.97. The predicted molar refractivity (Wildman–Crippen MR) is 141 cm³/mol. The van der Waals surface area contributed by atoms with Gasteiger partial charge in [-0.1, -0.05) is 6.92 Å². The van der Waals surface area contributed by atoms with Crippen LogP contribution in [0, 0.1) is 18.8 Å². The Kier molecular flexibility index (Phi) is 5.76. The van der Waals surface area contributed by atoms with Gasteiger partial charge in [0.15, 0.2) is 0 Å². The molecular formula is C28H36N6O2. The molecule has 2 aromatic heterocycles. The van der Waals surface area contributed by atoms with Crippen LogP contribution in [0.25, 0.3) is 10.8 Å². The van der Waals surface area contributed by atoms with Gasteiger partial charge in [0, 0.05) is 80.7 Å². The zero-order valence-electron chi connectivity index (χ0n) is 21.7. The summed E-state index contributed by atoms with van der Waals surface area (Å²) in [7, 11) is 1.91.